The largest absolute Gasteiger partial charge is 0.493 e. The van der Waals surface area contributed by atoms with E-state index in [0.29, 0.717) is 17.4 Å². The highest BCUT2D eigenvalue weighted by molar-refractivity contribution is 5.84. The molecule has 0 aliphatic heterocycles. The molecule has 0 aromatic heterocycles. The third-order valence-corrected chi connectivity index (χ3v) is 2.58. The van der Waals surface area contributed by atoms with Crippen molar-refractivity contribution in [1.29, 1.82) is 0 Å². The molecular formula is C13H20N2O2. The Morgan fingerprint density at radius 2 is 1.82 bits per heavy atom. The summed E-state index contributed by atoms with van der Waals surface area (Å²) in [5.74, 6) is 1.83. The normalized spacial score (nSPS) is 11.5. The molecule has 0 heterocycles. The number of ether oxygens (including phenoxy) is 2. The van der Waals surface area contributed by atoms with Gasteiger partial charge in [0.25, 0.3) is 0 Å². The Balaban J connectivity index is 2.83. The second-order valence-electron chi connectivity index (χ2n) is 4.09. The Labute approximate surface area is 103 Å². The molecule has 0 saturated carbocycles. The van der Waals surface area contributed by atoms with E-state index >= 15 is 0 Å². The summed E-state index contributed by atoms with van der Waals surface area (Å²) in [6.07, 6.45) is 0. The second-order valence-corrected chi connectivity index (χ2v) is 4.09. The van der Waals surface area contributed by atoms with Crippen LogP contribution in [0.25, 0.3) is 0 Å². The van der Waals surface area contributed by atoms with Crippen LogP contribution in [0.1, 0.15) is 20.8 Å². The summed E-state index contributed by atoms with van der Waals surface area (Å²) in [4.78, 5) is 0. The van der Waals surface area contributed by atoms with Crippen LogP contribution in [0.2, 0.25) is 0 Å². The first-order valence-electron chi connectivity index (χ1n) is 5.60. The summed E-state index contributed by atoms with van der Waals surface area (Å²) in [6.45, 7) is 6.21. The number of methoxy groups -OCH3 is 2. The summed E-state index contributed by atoms with van der Waals surface area (Å²) >= 11 is 0. The van der Waals surface area contributed by atoms with E-state index in [1.165, 1.54) is 0 Å². The van der Waals surface area contributed by atoms with Gasteiger partial charge in [-0.3, -0.25) is 5.43 Å². The van der Waals surface area contributed by atoms with Gasteiger partial charge in [0.2, 0.25) is 0 Å². The Hall–Kier alpha value is -1.71. The van der Waals surface area contributed by atoms with Crippen LogP contribution in [0.4, 0.5) is 5.69 Å². The molecule has 0 bridgehead atoms. The zero-order valence-corrected chi connectivity index (χ0v) is 11.1. The van der Waals surface area contributed by atoms with Crippen molar-refractivity contribution < 1.29 is 9.47 Å². The smallest absolute Gasteiger partial charge is 0.162 e. The number of hydrazone groups is 1. The number of nitrogens with zero attached hydrogens (tertiary/aromatic N) is 1. The van der Waals surface area contributed by atoms with Crippen molar-refractivity contribution in [2.75, 3.05) is 19.6 Å². The van der Waals surface area contributed by atoms with Crippen LogP contribution in [0.5, 0.6) is 11.5 Å². The minimum atomic E-state index is 0.433. The minimum absolute atomic E-state index is 0.433. The highest BCUT2D eigenvalue weighted by Crippen LogP contribution is 2.29. The third kappa shape index (κ3) is 3.66. The monoisotopic (exact) mass is 236 g/mol. The van der Waals surface area contributed by atoms with Gasteiger partial charge in [0.05, 0.1) is 19.9 Å². The molecule has 0 radical (unpaired) electrons. The van der Waals surface area contributed by atoms with Crippen molar-refractivity contribution in [2.24, 2.45) is 11.0 Å². The standard InChI is InChI=1S/C13H20N2O2/c1-9(2)10(3)14-15-11-6-7-12(16-4)13(8-11)17-5/h6-9,15H,1-5H3. The van der Waals surface area contributed by atoms with Crippen LogP contribution >= 0.6 is 0 Å². The molecule has 0 amide bonds. The highest BCUT2D eigenvalue weighted by atomic mass is 16.5. The number of benzene rings is 1. The molecule has 1 N–H and O–H groups in total. The summed E-state index contributed by atoms with van der Waals surface area (Å²) in [6, 6.07) is 5.61. The summed E-state index contributed by atoms with van der Waals surface area (Å²) in [7, 11) is 3.23. The molecule has 1 aromatic carbocycles. The zero-order valence-electron chi connectivity index (χ0n) is 11.1. The zero-order chi connectivity index (χ0) is 12.8. The van der Waals surface area contributed by atoms with Gasteiger partial charge < -0.3 is 9.47 Å². The number of nitrogens with one attached hydrogen (secondary N) is 1. The average Bonchev–Trinajstić information content (AvgIpc) is 2.35. The molecule has 4 nitrogen and oxygen atoms in total. The molecular weight excluding hydrogens is 216 g/mol. The van der Waals surface area contributed by atoms with E-state index in [2.05, 4.69) is 24.4 Å². The van der Waals surface area contributed by atoms with E-state index in [4.69, 9.17) is 9.47 Å². The maximum Gasteiger partial charge on any atom is 0.162 e. The van der Waals surface area contributed by atoms with Gasteiger partial charge in [0, 0.05) is 11.8 Å². The molecule has 0 fully saturated rings. The van der Waals surface area contributed by atoms with Crippen molar-refractivity contribution in [2.45, 2.75) is 20.8 Å². The molecule has 94 valence electrons. The van der Waals surface area contributed by atoms with Crippen LogP contribution in [0.3, 0.4) is 0 Å². The number of hydrogen-bond acceptors (Lipinski definition) is 4. The predicted molar refractivity (Wildman–Crippen MR) is 71.1 cm³/mol. The Morgan fingerprint density at radius 3 is 2.35 bits per heavy atom. The maximum atomic E-state index is 5.22. The predicted octanol–water partition coefficient (Wildman–Crippen LogP) is 3.15. The van der Waals surface area contributed by atoms with E-state index in [9.17, 15) is 0 Å². The van der Waals surface area contributed by atoms with Gasteiger partial charge in [0.1, 0.15) is 0 Å². The van der Waals surface area contributed by atoms with Crippen LogP contribution < -0.4 is 14.9 Å². The van der Waals surface area contributed by atoms with Crippen LogP contribution in [-0.2, 0) is 0 Å². The van der Waals surface area contributed by atoms with E-state index in [1.807, 2.05) is 25.1 Å². The van der Waals surface area contributed by atoms with E-state index in [-0.39, 0.29) is 0 Å². The topological polar surface area (TPSA) is 42.8 Å². The molecule has 0 aliphatic rings. The van der Waals surface area contributed by atoms with Gasteiger partial charge >= 0.3 is 0 Å². The molecule has 0 spiro atoms. The SMILES string of the molecule is COc1ccc(NN=C(C)C(C)C)cc1OC. The fourth-order valence-electron chi connectivity index (χ4n) is 1.19. The van der Waals surface area contributed by atoms with Crippen LogP contribution in [0.15, 0.2) is 23.3 Å². The molecule has 17 heavy (non-hydrogen) atoms. The van der Waals surface area contributed by atoms with Crippen molar-refractivity contribution in [3.05, 3.63) is 18.2 Å². The average molecular weight is 236 g/mol. The van der Waals surface area contributed by atoms with Crippen LogP contribution in [0, 0.1) is 5.92 Å². The fourth-order valence-corrected chi connectivity index (χ4v) is 1.19. The Morgan fingerprint density at radius 1 is 1.18 bits per heavy atom. The van der Waals surface area contributed by atoms with Gasteiger partial charge in [-0.1, -0.05) is 13.8 Å². The highest BCUT2D eigenvalue weighted by Gasteiger charge is 2.04. The summed E-state index contributed by atoms with van der Waals surface area (Å²) in [5.41, 5.74) is 4.94. The Bertz CT molecular complexity index is 400. The molecule has 0 unspecified atom stereocenters. The van der Waals surface area contributed by atoms with E-state index in [1.54, 1.807) is 14.2 Å². The molecule has 0 aliphatic carbocycles. The summed E-state index contributed by atoms with van der Waals surface area (Å²) in [5, 5.41) is 4.30. The lowest BCUT2D eigenvalue weighted by atomic mass is 10.1. The quantitative estimate of drug-likeness (QED) is 0.631. The number of hydrogen-bond donors (Lipinski definition) is 1. The first kappa shape index (κ1) is 13.4. The first-order valence-corrected chi connectivity index (χ1v) is 5.60. The molecule has 0 atom stereocenters. The molecule has 1 rings (SSSR count). The fraction of sp³-hybridized carbons (Fsp3) is 0.462. The lowest BCUT2D eigenvalue weighted by Crippen LogP contribution is -2.05. The summed E-state index contributed by atoms with van der Waals surface area (Å²) < 4.78 is 10.4. The van der Waals surface area contributed by atoms with Gasteiger partial charge in [0.15, 0.2) is 11.5 Å². The van der Waals surface area contributed by atoms with Gasteiger partial charge in [-0.25, -0.2) is 0 Å². The number of anilines is 1. The third-order valence-electron chi connectivity index (χ3n) is 2.58. The van der Waals surface area contributed by atoms with Gasteiger partial charge in [-0.15, -0.1) is 0 Å². The number of rotatable bonds is 5. The van der Waals surface area contributed by atoms with Gasteiger partial charge in [-0.05, 0) is 25.0 Å². The van der Waals surface area contributed by atoms with Gasteiger partial charge in [-0.2, -0.15) is 5.10 Å². The molecule has 0 saturated heterocycles. The minimum Gasteiger partial charge on any atom is -0.493 e. The maximum absolute atomic E-state index is 5.22. The van der Waals surface area contributed by atoms with E-state index in [0.717, 1.165) is 11.4 Å². The van der Waals surface area contributed by atoms with E-state index < -0.39 is 0 Å². The molecule has 1 aromatic rings. The Kier molecular flexibility index (Phi) is 4.82. The molecule has 4 heteroatoms. The van der Waals surface area contributed by atoms with Crippen molar-refractivity contribution >= 4 is 11.4 Å². The lowest BCUT2D eigenvalue weighted by molar-refractivity contribution is 0.355. The van der Waals surface area contributed by atoms with Crippen molar-refractivity contribution in [1.82, 2.24) is 0 Å². The lowest BCUT2D eigenvalue weighted by Gasteiger charge is -2.10. The van der Waals surface area contributed by atoms with Crippen molar-refractivity contribution in [3.8, 4) is 11.5 Å². The first-order chi connectivity index (χ1) is 8.08. The van der Waals surface area contributed by atoms with Crippen LogP contribution in [-0.4, -0.2) is 19.9 Å². The van der Waals surface area contributed by atoms with Crippen molar-refractivity contribution in [3.63, 3.8) is 0 Å². The second kappa shape index (κ2) is 6.13.